The Labute approximate surface area is 104 Å². The number of nitrogens with zero attached hydrogens (tertiary/aromatic N) is 2. The van der Waals surface area contributed by atoms with Gasteiger partial charge in [0.15, 0.2) is 0 Å². The summed E-state index contributed by atoms with van der Waals surface area (Å²) in [6, 6.07) is 0.353. The van der Waals surface area contributed by atoms with E-state index in [1.54, 1.807) is 13.3 Å². The second kappa shape index (κ2) is 5.42. The van der Waals surface area contributed by atoms with E-state index in [0.29, 0.717) is 0 Å². The van der Waals surface area contributed by atoms with Gasteiger partial charge in [-0.15, -0.1) is 11.3 Å². The summed E-state index contributed by atoms with van der Waals surface area (Å²) in [5, 5.41) is 1.02. The van der Waals surface area contributed by atoms with E-state index >= 15 is 0 Å². The molecule has 1 saturated heterocycles. The highest BCUT2D eigenvalue weighted by Gasteiger charge is 2.34. The Morgan fingerprint density at radius 3 is 3.19 bits per heavy atom. The number of aromatic nitrogens is 1. The fraction of sp³-hybridized carbons (Fsp3) is 0.700. The summed E-state index contributed by atoms with van der Waals surface area (Å²) < 4.78 is 5.83. The summed E-state index contributed by atoms with van der Waals surface area (Å²) in [6.45, 7) is 2.63. The van der Waals surface area contributed by atoms with E-state index in [4.69, 9.17) is 22.1 Å². The van der Waals surface area contributed by atoms with Crippen LogP contribution in [-0.4, -0.2) is 42.7 Å². The molecular weight excluding hydrogens is 246 g/mol. The highest BCUT2D eigenvalue weighted by molar-refractivity contribution is 7.15. The lowest BCUT2D eigenvalue weighted by Crippen LogP contribution is -2.33. The molecular formula is C10H16ClN3OS. The predicted octanol–water partition coefficient (Wildman–Crippen LogP) is 1.52. The van der Waals surface area contributed by atoms with Gasteiger partial charge in [0.2, 0.25) is 0 Å². The minimum Gasteiger partial charge on any atom is -0.383 e. The Bertz CT molecular complexity index is 347. The number of thiazole rings is 1. The summed E-state index contributed by atoms with van der Waals surface area (Å²) in [5.74, 6) is 0. The zero-order chi connectivity index (χ0) is 11.5. The van der Waals surface area contributed by atoms with Crippen LogP contribution in [0.5, 0.6) is 0 Å². The molecule has 2 N–H and O–H groups in total. The van der Waals surface area contributed by atoms with Crippen molar-refractivity contribution >= 4 is 22.9 Å². The molecule has 2 rings (SSSR count). The van der Waals surface area contributed by atoms with E-state index in [2.05, 4.69) is 9.88 Å². The molecule has 2 atom stereocenters. The van der Waals surface area contributed by atoms with Crippen LogP contribution in [0.4, 0.5) is 0 Å². The molecule has 0 amide bonds. The van der Waals surface area contributed by atoms with E-state index in [0.717, 1.165) is 35.5 Å². The normalized spacial score (nSPS) is 26.4. The Morgan fingerprint density at radius 1 is 1.75 bits per heavy atom. The smallest absolute Gasteiger partial charge is 0.113 e. The van der Waals surface area contributed by atoms with Gasteiger partial charge in [0.25, 0.3) is 0 Å². The first-order valence-corrected chi connectivity index (χ1v) is 6.51. The Kier molecular flexibility index (Phi) is 4.16. The molecule has 0 aromatic carbocycles. The number of halogens is 1. The van der Waals surface area contributed by atoms with Crippen molar-refractivity contribution in [2.75, 3.05) is 26.8 Å². The van der Waals surface area contributed by atoms with Gasteiger partial charge in [-0.3, -0.25) is 4.90 Å². The van der Waals surface area contributed by atoms with Crippen LogP contribution in [-0.2, 0) is 4.74 Å². The Balaban J connectivity index is 2.09. The minimum absolute atomic E-state index is 0.152. The van der Waals surface area contributed by atoms with Crippen molar-refractivity contribution in [3.63, 3.8) is 0 Å². The lowest BCUT2D eigenvalue weighted by atomic mass is 10.1. The van der Waals surface area contributed by atoms with Crippen LogP contribution in [0.1, 0.15) is 17.5 Å². The molecule has 1 aliphatic heterocycles. The van der Waals surface area contributed by atoms with E-state index in [-0.39, 0.29) is 12.1 Å². The molecule has 16 heavy (non-hydrogen) atoms. The molecule has 1 aliphatic rings. The molecule has 0 saturated carbocycles. The lowest BCUT2D eigenvalue weighted by molar-refractivity contribution is 0.139. The van der Waals surface area contributed by atoms with Gasteiger partial charge in [-0.1, -0.05) is 11.6 Å². The SMILES string of the molecule is COCCN1CCC(N)C1c1ncc(Cl)s1. The molecule has 0 bridgehead atoms. The third-order valence-corrected chi connectivity index (χ3v) is 4.07. The number of nitrogens with two attached hydrogens (primary N) is 1. The van der Waals surface area contributed by atoms with Gasteiger partial charge in [0, 0.05) is 26.2 Å². The summed E-state index contributed by atoms with van der Waals surface area (Å²) >= 11 is 7.43. The van der Waals surface area contributed by atoms with Crippen molar-refractivity contribution in [1.82, 2.24) is 9.88 Å². The molecule has 4 nitrogen and oxygen atoms in total. The first kappa shape index (κ1) is 12.3. The van der Waals surface area contributed by atoms with Crippen molar-refractivity contribution in [1.29, 1.82) is 0 Å². The second-order valence-corrected chi connectivity index (χ2v) is 5.62. The van der Waals surface area contributed by atoms with Crippen molar-refractivity contribution in [2.45, 2.75) is 18.5 Å². The molecule has 0 spiro atoms. The van der Waals surface area contributed by atoms with Crippen LogP contribution in [0, 0.1) is 0 Å². The summed E-state index contributed by atoms with van der Waals surface area (Å²) in [7, 11) is 1.71. The number of methoxy groups -OCH3 is 1. The third-order valence-electron chi connectivity index (χ3n) is 2.88. The average Bonchev–Trinajstić information content (AvgIpc) is 2.82. The van der Waals surface area contributed by atoms with Crippen LogP contribution in [0.15, 0.2) is 6.20 Å². The molecule has 6 heteroatoms. The van der Waals surface area contributed by atoms with Gasteiger partial charge in [0.05, 0.1) is 18.8 Å². The summed E-state index contributed by atoms with van der Waals surface area (Å²) in [6.07, 6.45) is 2.70. The van der Waals surface area contributed by atoms with Gasteiger partial charge >= 0.3 is 0 Å². The average molecular weight is 262 g/mol. The highest BCUT2D eigenvalue weighted by Crippen LogP contribution is 2.34. The maximum Gasteiger partial charge on any atom is 0.113 e. The van der Waals surface area contributed by atoms with Gasteiger partial charge in [-0.25, -0.2) is 4.98 Å². The first-order valence-electron chi connectivity index (χ1n) is 5.32. The lowest BCUT2D eigenvalue weighted by Gasteiger charge is -2.24. The largest absolute Gasteiger partial charge is 0.383 e. The molecule has 1 aromatic rings. The van der Waals surface area contributed by atoms with Crippen LogP contribution in [0.2, 0.25) is 4.34 Å². The quantitative estimate of drug-likeness (QED) is 0.893. The van der Waals surface area contributed by atoms with Crippen molar-refractivity contribution in [3.05, 3.63) is 15.5 Å². The molecule has 1 fully saturated rings. The predicted molar refractivity (Wildman–Crippen MR) is 65.9 cm³/mol. The molecule has 1 aromatic heterocycles. The second-order valence-electron chi connectivity index (χ2n) is 3.93. The van der Waals surface area contributed by atoms with Crippen LogP contribution in [0.25, 0.3) is 0 Å². The van der Waals surface area contributed by atoms with Crippen molar-refractivity contribution < 1.29 is 4.74 Å². The number of likely N-dealkylation sites (tertiary alicyclic amines) is 1. The van der Waals surface area contributed by atoms with Crippen LogP contribution < -0.4 is 5.73 Å². The number of hydrogen-bond acceptors (Lipinski definition) is 5. The number of ether oxygens (including phenoxy) is 1. The van der Waals surface area contributed by atoms with E-state index in [9.17, 15) is 0 Å². The maximum absolute atomic E-state index is 6.12. The first-order chi connectivity index (χ1) is 7.72. The van der Waals surface area contributed by atoms with Gasteiger partial charge in [-0.2, -0.15) is 0 Å². The van der Waals surface area contributed by atoms with Crippen LogP contribution in [0.3, 0.4) is 0 Å². The van der Waals surface area contributed by atoms with E-state index < -0.39 is 0 Å². The molecule has 2 heterocycles. The zero-order valence-corrected chi connectivity index (χ0v) is 10.8. The fourth-order valence-corrected chi connectivity index (χ4v) is 3.23. The van der Waals surface area contributed by atoms with E-state index in [1.807, 2.05) is 0 Å². The summed E-state index contributed by atoms with van der Waals surface area (Å²) in [4.78, 5) is 6.65. The maximum atomic E-state index is 6.12. The van der Waals surface area contributed by atoms with Gasteiger partial charge in [-0.05, 0) is 6.42 Å². The third kappa shape index (κ3) is 2.55. The molecule has 0 aliphatic carbocycles. The highest BCUT2D eigenvalue weighted by atomic mass is 35.5. The molecule has 90 valence electrons. The number of rotatable bonds is 4. The molecule has 0 radical (unpaired) electrons. The fourth-order valence-electron chi connectivity index (χ4n) is 2.09. The van der Waals surface area contributed by atoms with Crippen LogP contribution >= 0.6 is 22.9 Å². The Morgan fingerprint density at radius 2 is 2.56 bits per heavy atom. The van der Waals surface area contributed by atoms with Crippen molar-refractivity contribution in [3.8, 4) is 0 Å². The van der Waals surface area contributed by atoms with Gasteiger partial charge in [0.1, 0.15) is 9.34 Å². The Hall–Kier alpha value is -0.200. The van der Waals surface area contributed by atoms with E-state index in [1.165, 1.54) is 11.3 Å². The number of hydrogen-bond donors (Lipinski definition) is 1. The molecule has 2 unspecified atom stereocenters. The van der Waals surface area contributed by atoms with Crippen molar-refractivity contribution in [2.24, 2.45) is 5.73 Å². The summed E-state index contributed by atoms with van der Waals surface area (Å²) in [5.41, 5.74) is 6.12. The monoisotopic (exact) mass is 261 g/mol. The topological polar surface area (TPSA) is 51.4 Å². The zero-order valence-electron chi connectivity index (χ0n) is 9.23. The standard InChI is InChI=1S/C10H16ClN3OS/c1-15-5-4-14-3-2-7(12)9(14)10-13-6-8(11)16-10/h6-7,9H,2-5,12H2,1H3. The minimum atomic E-state index is 0.152. The van der Waals surface area contributed by atoms with Gasteiger partial charge < -0.3 is 10.5 Å².